The molecule has 9 nitrogen and oxygen atoms in total. The Kier molecular flexibility index (Phi) is 5.98. The predicted octanol–water partition coefficient (Wildman–Crippen LogP) is 4.15. The Morgan fingerprint density at radius 1 is 1.08 bits per heavy atom. The quantitative estimate of drug-likeness (QED) is 0.343. The first-order valence-electron chi connectivity index (χ1n) is 12.4. The zero-order valence-electron chi connectivity index (χ0n) is 21.3. The Bertz CT molecular complexity index is 1910. The van der Waals surface area contributed by atoms with Crippen LogP contribution < -0.4 is 11.1 Å². The van der Waals surface area contributed by atoms with Gasteiger partial charge < -0.3 is 11.1 Å². The van der Waals surface area contributed by atoms with Crippen molar-refractivity contribution in [3.05, 3.63) is 108 Å². The maximum atomic E-state index is 13.4. The summed E-state index contributed by atoms with van der Waals surface area (Å²) in [5, 5.41) is 8.19. The van der Waals surface area contributed by atoms with E-state index in [9.17, 15) is 4.79 Å². The van der Waals surface area contributed by atoms with E-state index >= 15 is 0 Å². The average molecular weight is 513 g/mol. The molecule has 0 unspecified atom stereocenters. The molecule has 1 atom stereocenters. The minimum absolute atomic E-state index is 0.121. The lowest BCUT2D eigenvalue weighted by Gasteiger charge is -2.19. The van der Waals surface area contributed by atoms with Crippen LogP contribution in [0.4, 0.5) is 5.82 Å². The second kappa shape index (κ2) is 9.76. The van der Waals surface area contributed by atoms with E-state index in [1.807, 2.05) is 68.7 Å². The number of anilines is 1. The average Bonchev–Trinajstić information content (AvgIpc) is 3.60. The van der Waals surface area contributed by atoms with E-state index in [0.717, 1.165) is 38.9 Å². The summed E-state index contributed by atoms with van der Waals surface area (Å²) in [6.45, 7) is 1.93. The first-order chi connectivity index (χ1) is 19.0. The van der Waals surface area contributed by atoms with Crippen molar-refractivity contribution in [1.82, 2.24) is 34.4 Å². The van der Waals surface area contributed by atoms with Gasteiger partial charge in [-0.05, 0) is 19.1 Å². The highest BCUT2D eigenvalue weighted by Gasteiger charge is 2.22. The van der Waals surface area contributed by atoms with E-state index in [-0.39, 0.29) is 17.3 Å². The normalized spacial score (nSPS) is 11.7. The summed E-state index contributed by atoms with van der Waals surface area (Å²) in [5.41, 5.74) is 11.7. The molecule has 1 amide bonds. The van der Waals surface area contributed by atoms with Crippen LogP contribution in [0, 0.1) is 11.8 Å². The number of nitrogens with two attached hydrogens (primary N) is 1. The molecular weight excluding hydrogens is 488 g/mol. The second-order valence-corrected chi connectivity index (χ2v) is 9.18. The number of amides is 1. The summed E-state index contributed by atoms with van der Waals surface area (Å²) >= 11 is 0. The Balaban J connectivity index is 1.44. The molecule has 0 radical (unpaired) electrons. The zero-order chi connectivity index (χ0) is 26.9. The molecule has 0 aliphatic heterocycles. The van der Waals surface area contributed by atoms with Gasteiger partial charge in [-0.2, -0.15) is 5.10 Å². The van der Waals surface area contributed by atoms with Gasteiger partial charge in [-0.25, -0.2) is 15.0 Å². The van der Waals surface area contributed by atoms with E-state index in [4.69, 9.17) is 10.7 Å². The van der Waals surface area contributed by atoms with Crippen molar-refractivity contribution in [2.45, 2.75) is 13.0 Å². The van der Waals surface area contributed by atoms with E-state index in [0.29, 0.717) is 5.65 Å². The van der Waals surface area contributed by atoms with Crippen LogP contribution >= 0.6 is 0 Å². The maximum Gasteiger partial charge on any atom is 0.259 e. The first kappa shape index (κ1) is 23.9. The second-order valence-electron chi connectivity index (χ2n) is 9.18. The Morgan fingerprint density at radius 2 is 1.92 bits per heavy atom. The van der Waals surface area contributed by atoms with E-state index in [1.165, 1.54) is 6.33 Å². The number of imidazole rings is 1. The standard InChI is InChI=1S/C30H24N8O/c1-19(35-30(39)25-28(31)33-18-38-14-13-32-29(25)38)24-15-23-10-6-9-22(12-11-20-16-34-37(2)17-20)26(23)36-27(24)21-7-4-3-5-8-21/h3-10,13-19H,31H2,1-2H3,(H,35,39)/t19-/m1/s1. The number of hydrogen-bond acceptors (Lipinski definition) is 6. The number of hydrogen-bond donors (Lipinski definition) is 2. The lowest BCUT2D eigenvalue weighted by atomic mass is 9.97. The number of para-hydroxylation sites is 1. The van der Waals surface area contributed by atoms with Crippen molar-refractivity contribution in [3.63, 3.8) is 0 Å². The van der Waals surface area contributed by atoms with Gasteiger partial charge in [0.15, 0.2) is 5.65 Å². The molecule has 0 saturated heterocycles. The fourth-order valence-corrected chi connectivity index (χ4v) is 4.57. The largest absolute Gasteiger partial charge is 0.383 e. The van der Waals surface area contributed by atoms with Crippen LogP contribution in [-0.4, -0.2) is 35.0 Å². The molecule has 0 spiro atoms. The molecule has 0 aliphatic rings. The Hall–Kier alpha value is -5.49. The highest BCUT2D eigenvalue weighted by molar-refractivity contribution is 6.04. The molecule has 9 heteroatoms. The first-order valence-corrected chi connectivity index (χ1v) is 12.4. The van der Waals surface area contributed by atoms with E-state index in [2.05, 4.69) is 38.3 Å². The molecule has 0 aliphatic carbocycles. The van der Waals surface area contributed by atoms with Gasteiger partial charge in [0.25, 0.3) is 5.91 Å². The molecule has 3 N–H and O–H groups in total. The number of rotatable bonds is 4. The van der Waals surface area contributed by atoms with Crippen molar-refractivity contribution < 1.29 is 4.79 Å². The lowest BCUT2D eigenvalue weighted by molar-refractivity contribution is 0.0941. The summed E-state index contributed by atoms with van der Waals surface area (Å²) in [5.74, 6) is 6.19. The van der Waals surface area contributed by atoms with Gasteiger partial charge >= 0.3 is 0 Å². The number of aromatic nitrogens is 6. The minimum Gasteiger partial charge on any atom is -0.383 e. The molecular formula is C30H24N8O. The Labute approximate surface area is 224 Å². The van der Waals surface area contributed by atoms with Crippen molar-refractivity contribution >= 4 is 28.3 Å². The molecule has 6 aromatic rings. The third kappa shape index (κ3) is 4.55. The van der Waals surface area contributed by atoms with E-state index in [1.54, 1.807) is 27.7 Å². The van der Waals surface area contributed by atoms with Crippen LogP contribution in [0.25, 0.3) is 27.8 Å². The third-order valence-electron chi connectivity index (χ3n) is 6.48. The number of nitrogens with one attached hydrogen (secondary N) is 1. The highest BCUT2D eigenvalue weighted by atomic mass is 16.1. The zero-order valence-corrected chi connectivity index (χ0v) is 21.3. The fourth-order valence-electron chi connectivity index (χ4n) is 4.57. The number of benzene rings is 2. The smallest absolute Gasteiger partial charge is 0.259 e. The number of nitrogen functional groups attached to an aromatic ring is 1. The third-order valence-corrected chi connectivity index (χ3v) is 6.48. The summed E-state index contributed by atoms with van der Waals surface area (Å²) in [4.78, 5) is 26.9. The van der Waals surface area contributed by atoms with Gasteiger partial charge in [0, 0.05) is 42.2 Å². The van der Waals surface area contributed by atoms with Crippen LogP contribution in [0.15, 0.2) is 85.7 Å². The van der Waals surface area contributed by atoms with Crippen LogP contribution in [0.2, 0.25) is 0 Å². The molecule has 0 bridgehead atoms. The summed E-state index contributed by atoms with van der Waals surface area (Å²) in [6.07, 6.45) is 8.46. The van der Waals surface area contributed by atoms with Gasteiger partial charge in [0.1, 0.15) is 17.7 Å². The number of pyridine rings is 1. The number of nitrogens with zero attached hydrogens (tertiary/aromatic N) is 6. The summed E-state index contributed by atoms with van der Waals surface area (Å²) in [7, 11) is 1.86. The lowest BCUT2D eigenvalue weighted by Crippen LogP contribution is -2.29. The number of carbonyl (C=O) groups excluding carboxylic acids is 1. The molecule has 2 aromatic carbocycles. The van der Waals surface area contributed by atoms with Gasteiger partial charge in [0.05, 0.1) is 34.6 Å². The number of aryl methyl sites for hydroxylation is 1. The summed E-state index contributed by atoms with van der Waals surface area (Å²) < 4.78 is 3.38. The summed E-state index contributed by atoms with van der Waals surface area (Å²) in [6, 6.07) is 17.5. The molecule has 0 fully saturated rings. The fraction of sp³-hybridized carbons (Fsp3) is 0.100. The molecule has 4 aromatic heterocycles. The SMILES string of the molecule is C[C@@H](NC(=O)c1c(N)ncn2ccnc12)c1cc2cccc(C#Cc3cnn(C)c3)c2nc1-c1ccccc1. The predicted molar refractivity (Wildman–Crippen MR) is 150 cm³/mol. The highest BCUT2D eigenvalue weighted by Crippen LogP contribution is 2.31. The van der Waals surface area contributed by atoms with Crippen LogP contribution in [0.1, 0.15) is 40.0 Å². The van der Waals surface area contributed by atoms with Crippen molar-refractivity contribution in [3.8, 4) is 23.1 Å². The van der Waals surface area contributed by atoms with Gasteiger partial charge in [0.2, 0.25) is 0 Å². The Morgan fingerprint density at radius 3 is 2.72 bits per heavy atom. The van der Waals surface area contributed by atoms with Gasteiger partial charge in [-0.3, -0.25) is 13.9 Å². The minimum atomic E-state index is -0.399. The molecule has 0 saturated carbocycles. The van der Waals surface area contributed by atoms with Crippen molar-refractivity contribution in [2.24, 2.45) is 7.05 Å². The van der Waals surface area contributed by atoms with Gasteiger partial charge in [-0.15, -0.1) is 0 Å². The molecule has 4 heterocycles. The van der Waals surface area contributed by atoms with Gasteiger partial charge in [-0.1, -0.05) is 54.3 Å². The van der Waals surface area contributed by atoms with Crippen molar-refractivity contribution in [1.29, 1.82) is 0 Å². The van der Waals surface area contributed by atoms with Crippen LogP contribution in [0.5, 0.6) is 0 Å². The molecule has 39 heavy (non-hydrogen) atoms. The number of carbonyl (C=O) groups is 1. The number of fused-ring (bicyclic) bond motifs is 2. The van der Waals surface area contributed by atoms with Crippen LogP contribution in [-0.2, 0) is 7.05 Å². The maximum absolute atomic E-state index is 13.4. The van der Waals surface area contributed by atoms with Crippen LogP contribution in [0.3, 0.4) is 0 Å². The topological polar surface area (TPSA) is 116 Å². The monoisotopic (exact) mass is 512 g/mol. The van der Waals surface area contributed by atoms with Crippen molar-refractivity contribution in [2.75, 3.05) is 5.73 Å². The van der Waals surface area contributed by atoms with E-state index < -0.39 is 6.04 Å². The molecule has 6 rings (SSSR count). The molecule has 190 valence electrons.